The molecule has 410 valence electrons. The number of phenols is 3. The van der Waals surface area contributed by atoms with Crippen molar-refractivity contribution in [2.45, 2.75) is 239 Å². The quantitative estimate of drug-likeness (QED) is 0.112. The topological polar surface area (TPSA) is 126 Å². The fourth-order valence-corrected chi connectivity index (χ4v) is 14.3. The Morgan fingerprint density at radius 2 is 0.878 bits per heavy atom. The van der Waals surface area contributed by atoms with Crippen LogP contribution in [0.1, 0.15) is 204 Å². The second-order valence-electron chi connectivity index (χ2n) is 25.9. The van der Waals surface area contributed by atoms with Crippen LogP contribution in [0.25, 0.3) is 0 Å². The molecular formula is C67H100O7. The van der Waals surface area contributed by atoms with Crippen LogP contribution in [-0.2, 0) is 15.9 Å². The summed E-state index contributed by atoms with van der Waals surface area (Å²) in [5, 5.41) is 47.3. The van der Waals surface area contributed by atoms with Crippen molar-refractivity contribution in [3.05, 3.63) is 112 Å². The Kier molecular flexibility index (Phi) is 20.9. The van der Waals surface area contributed by atoms with Gasteiger partial charge in [-0.1, -0.05) is 79.6 Å². The predicted octanol–water partition coefficient (Wildman–Crippen LogP) is 16.1. The minimum absolute atomic E-state index is 0.0571. The van der Waals surface area contributed by atoms with Crippen LogP contribution in [-0.4, -0.2) is 61.2 Å². The summed E-state index contributed by atoms with van der Waals surface area (Å²) in [5.74, 6) is 7.46. The van der Waals surface area contributed by atoms with Gasteiger partial charge < -0.3 is 35.0 Å². The summed E-state index contributed by atoms with van der Waals surface area (Å²) in [6, 6.07) is 18.5. The second kappa shape index (κ2) is 26.6. The van der Waals surface area contributed by atoms with Gasteiger partial charge in [0.2, 0.25) is 0 Å². The Morgan fingerprint density at radius 1 is 0.473 bits per heavy atom. The molecule has 2 saturated heterocycles. The number of rotatable bonds is 8. The lowest BCUT2D eigenvalue weighted by Gasteiger charge is -2.36. The summed E-state index contributed by atoms with van der Waals surface area (Å²) in [6.45, 7) is 19.2. The van der Waals surface area contributed by atoms with Crippen molar-refractivity contribution in [1.82, 2.24) is 0 Å². The molecule has 11 rings (SSSR count). The number of hydrogen-bond donors (Lipinski definition) is 5. The van der Waals surface area contributed by atoms with Gasteiger partial charge in [0.25, 0.3) is 0 Å². The minimum Gasteiger partial charge on any atom is -0.508 e. The number of fused-ring (bicyclic) bond motifs is 2. The average Bonchev–Trinajstić information content (AvgIpc) is 4.25. The summed E-state index contributed by atoms with van der Waals surface area (Å²) >= 11 is 0. The van der Waals surface area contributed by atoms with Crippen LogP contribution in [0, 0.1) is 68.1 Å². The number of aryl methyl sites for hydroxylation is 3. The molecule has 0 aromatic heterocycles. The maximum Gasteiger partial charge on any atom is 0.118 e. The first-order valence-corrected chi connectivity index (χ1v) is 29.6. The molecule has 0 bridgehead atoms. The lowest BCUT2D eigenvalue weighted by molar-refractivity contribution is 0.0305. The molecule has 3 aromatic rings. The summed E-state index contributed by atoms with van der Waals surface area (Å²) in [6.07, 6.45) is 34.2. The van der Waals surface area contributed by atoms with E-state index >= 15 is 0 Å². The fraction of sp³-hybridized carbons (Fsp3) is 0.672. The molecule has 14 atom stereocenters. The fourth-order valence-electron chi connectivity index (χ4n) is 14.3. The first-order chi connectivity index (χ1) is 35.2. The van der Waals surface area contributed by atoms with Crippen molar-refractivity contribution in [2.24, 2.45) is 47.3 Å². The van der Waals surface area contributed by atoms with Crippen LogP contribution in [0.15, 0.2) is 84.0 Å². The number of allylic oxidation sites excluding steroid dienone is 4. The highest BCUT2D eigenvalue weighted by molar-refractivity contribution is 5.40. The Bertz CT molecular complexity index is 2140. The van der Waals surface area contributed by atoms with Crippen molar-refractivity contribution in [1.29, 1.82) is 0 Å². The second-order valence-corrected chi connectivity index (χ2v) is 25.9. The molecule has 2 aliphatic heterocycles. The van der Waals surface area contributed by atoms with Gasteiger partial charge in [0.1, 0.15) is 17.2 Å². The number of aromatic hydroxyl groups is 3. The van der Waals surface area contributed by atoms with E-state index in [-0.39, 0.29) is 23.4 Å². The van der Waals surface area contributed by atoms with Crippen LogP contribution in [0.5, 0.6) is 17.2 Å². The average molecular weight is 1020 g/mol. The SMILES string of the molecule is CC12CC(CC3CCC4OC4(C)C3)CCC1O2.CC1=CCCC(CC2CCC=C(C)C2)C1.CC1CC(CC2CCC(O)C(C)C2)CCC1O.Cc1cc(Cc2ccc(O)c(C)c2)ccc1O.Cc1ccccc1O. The number of aliphatic hydroxyl groups is 2. The molecule has 2 heterocycles. The first-order valence-electron chi connectivity index (χ1n) is 29.6. The van der Waals surface area contributed by atoms with E-state index < -0.39 is 0 Å². The molecule has 3 aromatic carbocycles. The lowest BCUT2D eigenvalue weighted by Crippen LogP contribution is -2.31. The number of phenolic OH excluding ortho intramolecular Hbond substituents is 3. The highest BCUT2D eigenvalue weighted by Crippen LogP contribution is 2.54. The van der Waals surface area contributed by atoms with E-state index in [1.54, 1.807) is 29.3 Å². The van der Waals surface area contributed by atoms with Crippen molar-refractivity contribution in [3.63, 3.8) is 0 Å². The van der Waals surface area contributed by atoms with Crippen molar-refractivity contribution in [2.75, 3.05) is 0 Å². The van der Waals surface area contributed by atoms with Gasteiger partial charge in [-0.3, -0.25) is 0 Å². The number of epoxide rings is 2. The zero-order valence-electron chi connectivity index (χ0n) is 47.5. The minimum atomic E-state index is -0.0571. The van der Waals surface area contributed by atoms with Gasteiger partial charge >= 0.3 is 0 Å². The van der Waals surface area contributed by atoms with Crippen LogP contribution in [0.3, 0.4) is 0 Å². The molecule has 0 amide bonds. The van der Waals surface area contributed by atoms with Gasteiger partial charge in [-0.2, -0.15) is 0 Å². The van der Waals surface area contributed by atoms with E-state index in [2.05, 4.69) is 53.7 Å². The Hall–Kier alpha value is -3.62. The molecule has 4 saturated carbocycles. The van der Waals surface area contributed by atoms with Crippen molar-refractivity contribution >= 4 is 0 Å². The van der Waals surface area contributed by atoms with Gasteiger partial charge in [-0.25, -0.2) is 0 Å². The van der Waals surface area contributed by atoms with E-state index in [1.807, 2.05) is 63.2 Å². The summed E-state index contributed by atoms with van der Waals surface area (Å²) in [4.78, 5) is 0. The third-order valence-electron chi connectivity index (χ3n) is 19.0. The molecule has 5 N–H and O–H groups in total. The molecule has 0 radical (unpaired) electrons. The summed E-state index contributed by atoms with van der Waals surface area (Å²) < 4.78 is 11.6. The molecule has 7 heteroatoms. The van der Waals surface area contributed by atoms with Crippen LogP contribution < -0.4 is 0 Å². The molecule has 6 fully saturated rings. The standard InChI is InChI=1S/C15H24O2.C15H28O2.C15H16O2.C15H24.C7H8O/c1-14-8-10(3-5-12(14)16-14)7-11-4-6-13-15(2,9-11)17-13;2*1-10-7-12(3-5-14(10)16)9-13-4-6-15(17)11(2)8-13;1-12-5-3-7-14(9-12)11-15-8-4-6-13(2)10-15;1-6-4-2-3-5-7(6)8/h10-13H,3-9H2,1-2H3;10-17H,3-9H2,1-2H3;3-8,16-17H,9H2,1-2H3;5-6,14-15H,3-4,7-11H2,1-2H3;2-5,8H,1H3. The van der Waals surface area contributed by atoms with Crippen molar-refractivity contribution in [3.8, 4) is 17.2 Å². The normalized spacial score (nSPS) is 34.8. The summed E-state index contributed by atoms with van der Waals surface area (Å²) in [7, 11) is 0. The van der Waals surface area contributed by atoms with Gasteiger partial charge in [-0.15, -0.1) is 0 Å². The van der Waals surface area contributed by atoms with Crippen LogP contribution >= 0.6 is 0 Å². The number of para-hydroxylation sites is 1. The van der Waals surface area contributed by atoms with Gasteiger partial charge in [0, 0.05) is 0 Å². The van der Waals surface area contributed by atoms with E-state index in [0.717, 1.165) is 82.6 Å². The van der Waals surface area contributed by atoms with Crippen LogP contribution in [0.2, 0.25) is 0 Å². The van der Waals surface area contributed by atoms with Crippen LogP contribution in [0.4, 0.5) is 0 Å². The van der Waals surface area contributed by atoms with E-state index in [1.165, 1.54) is 122 Å². The number of benzene rings is 3. The molecule has 14 unspecified atom stereocenters. The maximum atomic E-state index is 9.75. The predicted molar refractivity (Wildman–Crippen MR) is 304 cm³/mol. The Morgan fingerprint density at radius 3 is 1.26 bits per heavy atom. The molecule has 0 spiro atoms. The third-order valence-corrected chi connectivity index (χ3v) is 19.0. The highest BCUT2D eigenvalue weighted by atomic mass is 16.6. The Balaban J connectivity index is 0.000000137. The van der Waals surface area contributed by atoms with E-state index in [9.17, 15) is 20.4 Å². The van der Waals surface area contributed by atoms with Gasteiger partial charge in [0.05, 0.1) is 35.6 Å². The van der Waals surface area contributed by atoms with E-state index in [4.69, 9.17) is 14.6 Å². The van der Waals surface area contributed by atoms with E-state index in [0.29, 0.717) is 41.3 Å². The van der Waals surface area contributed by atoms with Gasteiger partial charge in [0.15, 0.2) is 0 Å². The molecule has 7 nitrogen and oxygen atoms in total. The van der Waals surface area contributed by atoms with Crippen molar-refractivity contribution < 1.29 is 35.0 Å². The van der Waals surface area contributed by atoms with Gasteiger partial charge in [-0.05, 0) is 283 Å². The largest absolute Gasteiger partial charge is 0.508 e. The maximum absolute atomic E-state index is 9.75. The molecule has 74 heavy (non-hydrogen) atoms. The smallest absolute Gasteiger partial charge is 0.118 e. The number of ether oxygens (including phenoxy) is 2. The number of hydrogen-bond acceptors (Lipinski definition) is 7. The summed E-state index contributed by atoms with van der Waals surface area (Å²) in [5.41, 5.74) is 8.84. The zero-order valence-corrected chi connectivity index (χ0v) is 47.5. The Labute approximate surface area is 448 Å². The number of aliphatic hydroxyl groups excluding tert-OH is 2. The molecular weight excluding hydrogens is 917 g/mol. The monoisotopic (exact) mass is 1020 g/mol. The zero-order chi connectivity index (χ0) is 53.2. The first kappa shape index (κ1) is 58.1. The highest BCUT2D eigenvalue weighted by Gasteiger charge is 2.58. The molecule has 8 aliphatic rings. The molecule has 6 aliphatic carbocycles. The lowest BCUT2D eigenvalue weighted by atomic mass is 9.71. The third kappa shape index (κ3) is 17.5.